The van der Waals surface area contributed by atoms with Crippen LogP contribution in [0.2, 0.25) is 0 Å². The van der Waals surface area contributed by atoms with Crippen LogP contribution in [0.1, 0.15) is 18.9 Å². The molecule has 0 aliphatic rings. The molecule has 0 atom stereocenters. The van der Waals surface area contributed by atoms with Crippen LogP contribution in [0.25, 0.3) is 10.9 Å². The molecule has 3 aromatic rings. The summed E-state index contributed by atoms with van der Waals surface area (Å²) in [5.41, 5.74) is 2.96. The second-order valence-corrected chi connectivity index (χ2v) is 5.51. The maximum atomic E-state index is 12.0. The molecule has 0 saturated carbocycles. The maximum absolute atomic E-state index is 12.0. The molecular weight excluding hydrogens is 300 g/mol. The van der Waals surface area contributed by atoms with Crippen LogP contribution in [0.3, 0.4) is 0 Å². The summed E-state index contributed by atoms with van der Waals surface area (Å²) < 4.78 is 0. The fraction of sp³-hybridized carbons (Fsp3) is 0.211. The van der Waals surface area contributed by atoms with Crippen LogP contribution in [0.5, 0.6) is 0 Å². The van der Waals surface area contributed by atoms with Gasteiger partial charge in [0.15, 0.2) is 0 Å². The Morgan fingerprint density at radius 2 is 1.83 bits per heavy atom. The highest BCUT2D eigenvalue weighted by molar-refractivity contribution is 5.92. The number of hydrogen-bond donors (Lipinski definition) is 2. The van der Waals surface area contributed by atoms with Crippen LogP contribution in [0.15, 0.2) is 54.9 Å². The number of fused-ring (bicyclic) bond motifs is 1. The van der Waals surface area contributed by atoms with E-state index >= 15 is 0 Å². The van der Waals surface area contributed by atoms with Crippen molar-refractivity contribution in [2.24, 2.45) is 0 Å². The van der Waals surface area contributed by atoms with Gasteiger partial charge < -0.3 is 10.6 Å². The van der Waals surface area contributed by atoms with Crippen molar-refractivity contribution in [1.29, 1.82) is 0 Å². The molecule has 0 saturated heterocycles. The molecule has 0 spiro atoms. The molecule has 2 aromatic carbocycles. The number of carbonyl (C=O) groups is 1. The van der Waals surface area contributed by atoms with Crippen molar-refractivity contribution in [2.75, 3.05) is 17.2 Å². The van der Waals surface area contributed by atoms with Crippen molar-refractivity contribution in [2.45, 2.75) is 19.8 Å². The lowest BCUT2D eigenvalue weighted by Gasteiger charge is -2.09. The van der Waals surface area contributed by atoms with E-state index in [1.165, 1.54) is 11.9 Å². The Morgan fingerprint density at radius 1 is 1.04 bits per heavy atom. The molecule has 0 aliphatic carbocycles. The van der Waals surface area contributed by atoms with Crippen molar-refractivity contribution in [1.82, 2.24) is 9.97 Å². The third-order valence-corrected chi connectivity index (χ3v) is 3.83. The molecule has 0 unspecified atom stereocenters. The van der Waals surface area contributed by atoms with Crippen LogP contribution in [0, 0.1) is 0 Å². The van der Waals surface area contributed by atoms with Gasteiger partial charge in [0.1, 0.15) is 12.1 Å². The second-order valence-electron chi connectivity index (χ2n) is 5.51. The summed E-state index contributed by atoms with van der Waals surface area (Å²) in [6.45, 7) is 2.62. The number of aryl methyl sites for hydroxylation is 1. The summed E-state index contributed by atoms with van der Waals surface area (Å²) in [5, 5.41) is 7.07. The van der Waals surface area contributed by atoms with Crippen molar-refractivity contribution >= 4 is 28.3 Å². The predicted octanol–water partition coefficient (Wildman–Crippen LogP) is 3.63. The van der Waals surface area contributed by atoms with Crippen LogP contribution < -0.4 is 10.6 Å². The largest absolute Gasteiger partial charge is 0.369 e. The molecule has 5 nitrogen and oxygen atoms in total. The Bertz CT molecular complexity index is 825. The number of hydrogen-bond acceptors (Lipinski definition) is 4. The minimum Gasteiger partial charge on any atom is -0.369 e. The Kier molecular flexibility index (Phi) is 5.01. The molecule has 122 valence electrons. The second kappa shape index (κ2) is 7.55. The van der Waals surface area contributed by atoms with E-state index < -0.39 is 0 Å². The first-order valence-electron chi connectivity index (χ1n) is 8.08. The van der Waals surface area contributed by atoms with E-state index in [0.717, 1.165) is 28.8 Å². The van der Waals surface area contributed by atoms with Crippen LogP contribution in [-0.2, 0) is 11.2 Å². The summed E-state index contributed by atoms with van der Waals surface area (Å²) in [6, 6.07) is 15.7. The molecule has 5 heteroatoms. The van der Waals surface area contributed by atoms with E-state index in [4.69, 9.17) is 0 Å². The van der Waals surface area contributed by atoms with Crippen LogP contribution in [-0.4, -0.2) is 22.4 Å². The quantitative estimate of drug-likeness (QED) is 0.728. The van der Waals surface area contributed by atoms with Gasteiger partial charge in [-0.15, -0.1) is 0 Å². The number of benzene rings is 2. The van der Waals surface area contributed by atoms with Gasteiger partial charge in [-0.2, -0.15) is 0 Å². The van der Waals surface area contributed by atoms with E-state index in [9.17, 15) is 4.79 Å². The van der Waals surface area contributed by atoms with E-state index in [1.807, 2.05) is 48.5 Å². The third-order valence-electron chi connectivity index (χ3n) is 3.83. The van der Waals surface area contributed by atoms with Gasteiger partial charge in [-0.3, -0.25) is 4.79 Å². The molecule has 1 aromatic heterocycles. The number of aromatic nitrogens is 2. The lowest BCUT2D eigenvalue weighted by Crippen LogP contribution is -2.16. The summed E-state index contributed by atoms with van der Waals surface area (Å²) in [6.07, 6.45) is 2.89. The summed E-state index contributed by atoms with van der Waals surface area (Å²) in [4.78, 5) is 20.5. The molecule has 0 aliphatic heterocycles. The van der Waals surface area contributed by atoms with Gasteiger partial charge in [-0.25, -0.2) is 9.97 Å². The monoisotopic (exact) mass is 320 g/mol. The molecular formula is C19H20N4O. The SMILES string of the molecule is CCc1ccc(NC(=O)CCNc2ncnc3ccccc23)cc1. The average molecular weight is 320 g/mol. The lowest BCUT2D eigenvalue weighted by atomic mass is 10.1. The summed E-state index contributed by atoms with van der Waals surface area (Å²) in [5.74, 6) is 0.728. The van der Waals surface area contributed by atoms with Crippen LogP contribution in [0.4, 0.5) is 11.5 Å². The highest BCUT2D eigenvalue weighted by Crippen LogP contribution is 2.18. The molecule has 1 heterocycles. The Hall–Kier alpha value is -2.95. The standard InChI is InChI=1S/C19H20N4O/c1-2-14-7-9-15(10-8-14)23-18(24)11-12-20-19-16-5-3-4-6-17(16)21-13-22-19/h3-10,13H,2,11-12H2,1H3,(H,23,24)(H,20,21,22). The Labute approximate surface area is 141 Å². The number of nitrogens with zero attached hydrogens (tertiary/aromatic N) is 2. The van der Waals surface area contributed by atoms with E-state index in [2.05, 4.69) is 27.5 Å². The Morgan fingerprint density at radius 3 is 2.62 bits per heavy atom. The van der Waals surface area contributed by atoms with Crippen molar-refractivity contribution in [3.8, 4) is 0 Å². The molecule has 0 bridgehead atoms. The summed E-state index contributed by atoms with van der Waals surface area (Å²) in [7, 11) is 0. The zero-order valence-electron chi connectivity index (χ0n) is 13.6. The van der Waals surface area contributed by atoms with Crippen molar-refractivity contribution < 1.29 is 4.79 Å². The lowest BCUT2D eigenvalue weighted by molar-refractivity contribution is -0.115. The number of nitrogens with one attached hydrogen (secondary N) is 2. The molecule has 0 fully saturated rings. The number of para-hydroxylation sites is 1. The van der Waals surface area contributed by atoms with Crippen molar-refractivity contribution in [3.05, 3.63) is 60.4 Å². The highest BCUT2D eigenvalue weighted by atomic mass is 16.1. The minimum atomic E-state index is -0.0230. The minimum absolute atomic E-state index is 0.0230. The highest BCUT2D eigenvalue weighted by Gasteiger charge is 2.05. The number of amides is 1. The smallest absolute Gasteiger partial charge is 0.226 e. The molecule has 0 radical (unpaired) electrons. The van der Waals surface area contributed by atoms with Gasteiger partial charge in [0, 0.05) is 24.0 Å². The first-order valence-corrected chi connectivity index (χ1v) is 8.08. The first-order chi connectivity index (χ1) is 11.8. The Balaban J connectivity index is 1.54. The van der Waals surface area contributed by atoms with Gasteiger partial charge in [-0.1, -0.05) is 31.2 Å². The van der Waals surface area contributed by atoms with Gasteiger partial charge in [0.05, 0.1) is 5.52 Å². The van der Waals surface area contributed by atoms with Crippen molar-refractivity contribution in [3.63, 3.8) is 0 Å². The number of anilines is 2. The van der Waals surface area contributed by atoms with E-state index in [0.29, 0.717) is 13.0 Å². The van der Waals surface area contributed by atoms with E-state index in [1.54, 1.807) is 0 Å². The fourth-order valence-electron chi connectivity index (χ4n) is 2.49. The topological polar surface area (TPSA) is 66.9 Å². The normalized spacial score (nSPS) is 10.5. The predicted molar refractivity (Wildman–Crippen MR) is 97.1 cm³/mol. The zero-order valence-corrected chi connectivity index (χ0v) is 13.6. The molecule has 24 heavy (non-hydrogen) atoms. The third kappa shape index (κ3) is 3.87. The van der Waals surface area contributed by atoms with Gasteiger partial charge in [-0.05, 0) is 36.2 Å². The van der Waals surface area contributed by atoms with Gasteiger partial charge in [0.2, 0.25) is 5.91 Å². The first kappa shape index (κ1) is 15.9. The van der Waals surface area contributed by atoms with E-state index in [-0.39, 0.29) is 5.91 Å². The number of rotatable bonds is 6. The summed E-state index contributed by atoms with van der Waals surface area (Å²) >= 11 is 0. The zero-order chi connectivity index (χ0) is 16.8. The van der Waals surface area contributed by atoms with Gasteiger partial charge in [0.25, 0.3) is 0 Å². The average Bonchev–Trinajstić information content (AvgIpc) is 2.62. The molecule has 3 rings (SSSR count). The molecule has 1 amide bonds. The van der Waals surface area contributed by atoms with Gasteiger partial charge >= 0.3 is 0 Å². The molecule has 2 N–H and O–H groups in total. The van der Waals surface area contributed by atoms with Crippen LogP contribution >= 0.6 is 0 Å². The fourth-order valence-corrected chi connectivity index (χ4v) is 2.49. The number of carbonyl (C=O) groups excluding carboxylic acids is 1. The maximum Gasteiger partial charge on any atom is 0.226 e.